The molecular weight excluding hydrogens is 232 g/mol. The van der Waals surface area contributed by atoms with E-state index >= 15 is 0 Å². The first-order valence-electron chi connectivity index (χ1n) is 7.53. The molecule has 0 aliphatic carbocycles. The Bertz CT molecular complexity index is 416. The molecule has 1 aromatic rings. The average molecular weight is 260 g/mol. The molecule has 1 fully saturated rings. The minimum atomic E-state index is 0.583. The van der Waals surface area contributed by atoms with Gasteiger partial charge >= 0.3 is 0 Å². The Kier molecular flexibility index (Phi) is 4.64. The summed E-state index contributed by atoms with van der Waals surface area (Å²) < 4.78 is 0. The van der Waals surface area contributed by atoms with E-state index in [9.17, 15) is 0 Å². The maximum Gasteiger partial charge on any atom is 0.0391 e. The third kappa shape index (κ3) is 3.01. The molecule has 0 radical (unpaired) electrons. The van der Waals surface area contributed by atoms with Crippen molar-refractivity contribution in [2.24, 2.45) is 5.92 Å². The molecule has 1 aliphatic heterocycles. The molecule has 0 bridgehead atoms. The van der Waals surface area contributed by atoms with E-state index in [2.05, 4.69) is 57.1 Å². The van der Waals surface area contributed by atoms with E-state index in [0.29, 0.717) is 6.04 Å². The Morgan fingerprint density at radius 1 is 1.21 bits per heavy atom. The molecule has 1 aliphatic rings. The molecule has 2 atom stereocenters. The van der Waals surface area contributed by atoms with E-state index in [0.717, 1.165) is 19.0 Å². The van der Waals surface area contributed by atoms with E-state index in [1.807, 2.05) is 0 Å². The van der Waals surface area contributed by atoms with Crippen molar-refractivity contribution in [3.05, 3.63) is 34.4 Å². The van der Waals surface area contributed by atoms with Gasteiger partial charge in [0.15, 0.2) is 0 Å². The quantitative estimate of drug-likeness (QED) is 0.894. The van der Waals surface area contributed by atoms with Gasteiger partial charge in [0.1, 0.15) is 0 Å². The second kappa shape index (κ2) is 6.06. The van der Waals surface area contributed by atoms with Gasteiger partial charge in [0.2, 0.25) is 0 Å². The van der Waals surface area contributed by atoms with Crippen molar-refractivity contribution in [2.45, 2.75) is 40.2 Å². The van der Waals surface area contributed by atoms with Crippen LogP contribution in [0, 0.1) is 26.7 Å². The summed E-state index contributed by atoms with van der Waals surface area (Å²) in [6.07, 6.45) is 1.31. The van der Waals surface area contributed by atoms with Crippen molar-refractivity contribution < 1.29 is 0 Å². The van der Waals surface area contributed by atoms with Crippen LogP contribution in [0.3, 0.4) is 0 Å². The van der Waals surface area contributed by atoms with Gasteiger partial charge in [-0.2, -0.15) is 0 Å². The molecular formula is C17H28N2. The highest BCUT2D eigenvalue weighted by atomic mass is 15.2. The summed E-state index contributed by atoms with van der Waals surface area (Å²) in [6, 6.07) is 5.25. The first-order valence-corrected chi connectivity index (χ1v) is 7.53. The van der Waals surface area contributed by atoms with Crippen LogP contribution >= 0.6 is 0 Å². The minimum absolute atomic E-state index is 0.583. The van der Waals surface area contributed by atoms with Crippen LogP contribution in [0.2, 0.25) is 0 Å². The Morgan fingerprint density at radius 2 is 1.84 bits per heavy atom. The summed E-state index contributed by atoms with van der Waals surface area (Å²) in [4.78, 5) is 2.53. The molecule has 1 saturated heterocycles. The average Bonchev–Trinajstić information content (AvgIpc) is 2.68. The van der Waals surface area contributed by atoms with Crippen molar-refractivity contribution >= 4 is 0 Å². The molecule has 0 saturated carbocycles. The van der Waals surface area contributed by atoms with E-state index in [1.165, 1.54) is 29.7 Å². The van der Waals surface area contributed by atoms with Crippen LogP contribution in [0.1, 0.15) is 41.6 Å². The number of aryl methyl sites for hydroxylation is 3. The SMILES string of the molecule is CCNCC1CCN(C)C1c1c(C)cc(C)cc1C. The van der Waals surface area contributed by atoms with Crippen LogP contribution < -0.4 is 5.32 Å². The van der Waals surface area contributed by atoms with Crippen molar-refractivity contribution in [2.75, 3.05) is 26.7 Å². The van der Waals surface area contributed by atoms with Gasteiger partial charge in [0.05, 0.1) is 0 Å². The Labute approximate surface area is 118 Å². The zero-order valence-electron chi connectivity index (χ0n) is 13.1. The van der Waals surface area contributed by atoms with E-state index in [1.54, 1.807) is 5.56 Å². The molecule has 2 unspecified atom stereocenters. The van der Waals surface area contributed by atoms with Crippen molar-refractivity contribution in [3.8, 4) is 0 Å². The highest BCUT2D eigenvalue weighted by molar-refractivity contribution is 5.40. The highest BCUT2D eigenvalue weighted by Gasteiger charge is 2.34. The molecule has 1 heterocycles. The predicted molar refractivity (Wildman–Crippen MR) is 82.7 cm³/mol. The van der Waals surface area contributed by atoms with Crippen molar-refractivity contribution in [1.29, 1.82) is 0 Å². The van der Waals surface area contributed by atoms with Gasteiger partial charge in [-0.1, -0.05) is 24.6 Å². The number of benzene rings is 1. The van der Waals surface area contributed by atoms with E-state index in [-0.39, 0.29) is 0 Å². The van der Waals surface area contributed by atoms with Gasteiger partial charge in [-0.15, -0.1) is 0 Å². The standard InChI is InChI=1S/C17H28N2/c1-6-18-11-15-7-8-19(5)17(15)16-13(3)9-12(2)10-14(16)4/h9-10,15,17-18H,6-8,11H2,1-5H3. The van der Waals surface area contributed by atoms with Gasteiger partial charge in [0, 0.05) is 6.04 Å². The van der Waals surface area contributed by atoms with Gasteiger partial charge < -0.3 is 5.32 Å². The molecule has 106 valence electrons. The second-order valence-electron chi connectivity index (χ2n) is 6.09. The lowest BCUT2D eigenvalue weighted by Gasteiger charge is -2.29. The third-order valence-electron chi connectivity index (χ3n) is 4.46. The first-order chi connectivity index (χ1) is 9.04. The summed E-state index contributed by atoms with van der Waals surface area (Å²) in [6.45, 7) is 12.3. The van der Waals surface area contributed by atoms with Crippen LogP contribution in [0.15, 0.2) is 12.1 Å². The first kappa shape index (κ1) is 14.5. The molecule has 1 N–H and O–H groups in total. The number of nitrogens with one attached hydrogen (secondary N) is 1. The van der Waals surface area contributed by atoms with Crippen LogP contribution in [0.4, 0.5) is 0 Å². The summed E-state index contributed by atoms with van der Waals surface area (Å²) in [5, 5.41) is 3.53. The Hall–Kier alpha value is -0.860. The fourth-order valence-corrected chi connectivity index (χ4v) is 3.68. The van der Waals surface area contributed by atoms with Crippen LogP contribution in [-0.2, 0) is 0 Å². The lowest BCUT2D eigenvalue weighted by Crippen LogP contribution is -2.29. The van der Waals surface area contributed by atoms with Gasteiger partial charge in [-0.3, -0.25) is 4.90 Å². The van der Waals surface area contributed by atoms with E-state index < -0.39 is 0 Å². The van der Waals surface area contributed by atoms with Crippen LogP contribution in [0.25, 0.3) is 0 Å². The molecule has 0 aromatic heterocycles. The van der Waals surface area contributed by atoms with E-state index in [4.69, 9.17) is 0 Å². The third-order valence-corrected chi connectivity index (χ3v) is 4.46. The smallest absolute Gasteiger partial charge is 0.0391 e. The topological polar surface area (TPSA) is 15.3 Å². The number of nitrogens with zero attached hydrogens (tertiary/aromatic N) is 1. The van der Waals surface area contributed by atoms with Gasteiger partial charge in [0.25, 0.3) is 0 Å². The second-order valence-corrected chi connectivity index (χ2v) is 6.09. The molecule has 2 nitrogen and oxygen atoms in total. The number of hydrogen-bond acceptors (Lipinski definition) is 2. The fraction of sp³-hybridized carbons (Fsp3) is 0.647. The fourth-order valence-electron chi connectivity index (χ4n) is 3.68. The van der Waals surface area contributed by atoms with Crippen LogP contribution in [-0.4, -0.2) is 31.6 Å². The number of rotatable bonds is 4. The Balaban J connectivity index is 2.32. The molecule has 2 rings (SSSR count). The highest BCUT2D eigenvalue weighted by Crippen LogP contribution is 2.39. The van der Waals surface area contributed by atoms with Crippen LogP contribution in [0.5, 0.6) is 0 Å². The normalized spacial score (nSPS) is 24.1. The molecule has 0 spiro atoms. The lowest BCUT2D eigenvalue weighted by atomic mass is 9.87. The molecule has 0 amide bonds. The zero-order chi connectivity index (χ0) is 14.0. The summed E-state index contributed by atoms with van der Waals surface area (Å²) in [5.74, 6) is 0.741. The maximum atomic E-state index is 3.53. The predicted octanol–water partition coefficient (Wildman–Crippen LogP) is 3.21. The number of likely N-dealkylation sites (tertiary alicyclic amines) is 1. The molecule has 1 aromatic carbocycles. The number of hydrogen-bond donors (Lipinski definition) is 1. The van der Waals surface area contributed by atoms with Gasteiger partial charge in [-0.05, 0) is 76.5 Å². The maximum absolute atomic E-state index is 3.53. The molecule has 19 heavy (non-hydrogen) atoms. The minimum Gasteiger partial charge on any atom is -0.317 e. The summed E-state index contributed by atoms with van der Waals surface area (Å²) >= 11 is 0. The Morgan fingerprint density at radius 3 is 2.42 bits per heavy atom. The lowest BCUT2D eigenvalue weighted by molar-refractivity contribution is 0.271. The monoisotopic (exact) mass is 260 g/mol. The largest absolute Gasteiger partial charge is 0.317 e. The zero-order valence-corrected chi connectivity index (χ0v) is 13.1. The molecule has 2 heteroatoms. The van der Waals surface area contributed by atoms with Crippen molar-refractivity contribution in [3.63, 3.8) is 0 Å². The van der Waals surface area contributed by atoms with Gasteiger partial charge in [-0.25, -0.2) is 0 Å². The summed E-state index contributed by atoms with van der Waals surface area (Å²) in [7, 11) is 2.27. The summed E-state index contributed by atoms with van der Waals surface area (Å²) in [5.41, 5.74) is 5.85. The van der Waals surface area contributed by atoms with Crippen molar-refractivity contribution in [1.82, 2.24) is 10.2 Å².